The van der Waals surface area contributed by atoms with E-state index < -0.39 is 32.5 Å². The second-order valence-electron chi connectivity index (χ2n) is 4.02. The third-order valence-electron chi connectivity index (χ3n) is 2.72. The number of nitrogens with one attached hydrogen (secondary N) is 2. The van der Waals surface area contributed by atoms with E-state index in [9.17, 15) is 18.0 Å². The van der Waals surface area contributed by atoms with Crippen LogP contribution in [0, 0.1) is 6.92 Å². The van der Waals surface area contributed by atoms with Crippen molar-refractivity contribution in [2.75, 3.05) is 19.6 Å². The first-order chi connectivity index (χ1) is 8.84. The Morgan fingerprint density at radius 2 is 2.16 bits per heavy atom. The van der Waals surface area contributed by atoms with Crippen molar-refractivity contribution in [3.05, 3.63) is 11.3 Å². The molecule has 19 heavy (non-hydrogen) atoms. The molecule has 0 bridgehead atoms. The minimum absolute atomic E-state index is 0.0824. The number of carboxylic acids is 1. The van der Waals surface area contributed by atoms with E-state index in [2.05, 4.69) is 15.5 Å². The summed E-state index contributed by atoms with van der Waals surface area (Å²) in [5, 5.41) is 16.8. The molecule has 0 spiro atoms. The molecule has 1 fully saturated rings. The Morgan fingerprint density at radius 1 is 1.47 bits per heavy atom. The topological polar surface area (TPSA) is 132 Å². The fourth-order valence-corrected chi connectivity index (χ4v) is 3.31. The maximum absolute atomic E-state index is 12.3. The van der Waals surface area contributed by atoms with E-state index in [4.69, 9.17) is 5.11 Å². The molecule has 2 rings (SSSR count). The second-order valence-corrected chi connectivity index (χ2v) is 5.88. The Hall–Kier alpha value is -1.94. The van der Waals surface area contributed by atoms with Crippen LogP contribution in [0.3, 0.4) is 0 Å². The van der Waals surface area contributed by atoms with E-state index in [0.717, 1.165) is 4.31 Å². The SMILES string of the molecule is Cc1[nH]nc(S(=O)(=O)N2CCNC(=O)C2)c1C(=O)O. The number of hydrogen-bond acceptors (Lipinski definition) is 5. The summed E-state index contributed by atoms with van der Waals surface area (Å²) < 4.78 is 25.5. The summed E-state index contributed by atoms with van der Waals surface area (Å²) >= 11 is 0. The van der Waals surface area contributed by atoms with Gasteiger partial charge >= 0.3 is 5.97 Å². The lowest BCUT2D eigenvalue weighted by Gasteiger charge is -2.25. The molecule has 9 nitrogen and oxygen atoms in total. The second kappa shape index (κ2) is 4.63. The lowest BCUT2D eigenvalue weighted by molar-refractivity contribution is -0.122. The highest BCUT2D eigenvalue weighted by Gasteiger charge is 2.35. The first-order valence-electron chi connectivity index (χ1n) is 5.39. The Kier molecular flexibility index (Phi) is 3.28. The molecule has 104 valence electrons. The van der Waals surface area contributed by atoms with E-state index >= 15 is 0 Å². The number of sulfonamides is 1. The summed E-state index contributed by atoms with van der Waals surface area (Å²) in [4.78, 5) is 22.3. The van der Waals surface area contributed by atoms with Crippen molar-refractivity contribution in [3.8, 4) is 0 Å². The van der Waals surface area contributed by atoms with E-state index in [0.29, 0.717) is 0 Å². The first kappa shape index (κ1) is 13.5. The van der Waals surface area contributed by atoms with E-state index in [1.165, 1.54) is 6.92 Å². The van der Waals surface area contributed by atoms with Crippen LogP contribution in [0.4, 0.5) is 0 Å². The van der Waals surface area contributed by atoms with Crippen molar-refractivity contribution in [2.45, 2.75) is 11.9 Å². The van der Waals surface area contributed by atoms with Crippen LogP contribution in [0.2, 0.25) is 0 Å². The Bertz CT molecular complexity index is 635. The number of carbonyl (C=O) groups is 2. The molecule has 10 heteroatoms. The number of aryl methyl sites for hydroxylation is 1. The average molecular weight is 288 g/mol. The fraction of sp³-hybridized carbons (Fsp3) is 0.444. The lowest BCUT2D eigenvalue weighted by Crippen LogP contribution is -2.50. The summed E-state index contributed by atoms with van der Waals surface area (Å²) in [7, 11) is -4.10. The molecule has 1 amide bonds. The van der Waals surface area contributed by atoms with Gasteiger partial charge in [0.2, 0.25) is 10.9 Å². The number of amides is 1. The van der Waals surface area contributed by atoms with Crippen molar-refractivity contribution in [2.24, 2.45) is 0 Å². The molecule has 1 saturated heterocycles. The molecular weight excluding hydrogens is 276 g/mol. The normalized spacial score (nSPS) is 17.2. The third-order valence-corrected chi connectivity index (χ3v) is 4.49. The predicted octanol–water partition coefficient (Wildman–Crippen LogP) is -1.46. The van der Waals surface area contributed by atoms with Gasteiger partial charge in [-0.1, -0.05) is 0 Å². The van der Waals surface area contributed by atoms with Gasteiger partial charge in [-0.25, -0.2) is 13.2 Å². The van der Waals surface area contributed by atoms with Crippen molar-refractivity contribution in [3.63, 3.8) is 0 Å². The zero-order valence-electron chi connectivity index (χ0n) is 10.0. The van der Waals surface area contributed by atoms with Crippen molar-refractivity contribution < 1.29 is 23.1 Å². The number of aromatic carboxylic acids is 1. The maximum atomic E-state index is 12.3. The standard InChI is InChI=1S/C9H12N4O5S/c1-5-7(9(15)16)8(12-11-5)19(17,18)13-3-2-10-6(14)4-13/h2-4H2,1H3,(H,10,14)(H,11,12)(H,15,16). The van der Waals surface area contributed by atoms with Gasteiger partial charge in [0, 0.05) is 18.8 Å². The Balaban J connectivity index is 2.45. The summed E-state index contributed by atoms with van der Waals surface area (Å²) in [5.74, 6) is -1.81. The summed E-state index contributed by atoms with van der Waals surface area (Å²) in [5.41, 5.74) is -0.251. The Morgan fingerprint density at radius 3 is 2.74 bits per heavy atom. The van der Waals surface area contributed by atoms with Gasteiger partial charge in [0.1, 0.15) is 5.56 Å². The molecule has 0 unspecified atom stereocenters. The first-order valence-corrected chi connectivity index (χ1v) is 6.83. The molecule has 0 atom stereocenters. The Labute approximate surface area is 108 Å². The molecule has 0 aromatic carbocycles. The molecule has 1 aromatic rings. The zero-order valence-corrected chi connectivity index (χ0v) is 10.8. The molecule has 0 radical (unpaired) electrons. The maximum Gasteiger partial charge on any atom is 0.340 e. The van der Waals surface area contributed by atoms with Crippen molar-refractivity contribution in [1.29, 1.82) is 0 Å². The zero-order chi connectivity index (χ0) is 14.2. The van der Waals surface area contributed by atoms with Gasteiger partial charge in [-0.2, -0.15) is 9.40 Å². The summed E-state index contributed by atoms with van der Waals surface area (Å²) in [6.45, 7) is 1.34. The fourth-order valence-electron chi connectivity index (χ4n) is 1.79. The monoisotopic (exact) mass is 288 g/mol. The summed E-state index contributed by atoms with van der Waals surface area (Å²) in [6.07, 6.45) is 0. The van der Waals surface area contributed by atoms with Crippen LogP contribution in [0.25, 0.3) is 0 Å². The van der Waals surface area contributed by atoms with E-state index in [-0.39, 0.29) is 25.3 Å². The number of aromatic amines is 1. The molecule has 0 saturated carbocycles. The number of piperazine rings is 1. The van der Waals surface area contributed by atoms with Gasteiger partial charge in [0.25, 0.3) is 10.0 Å². The van der Waals surface area contributed by atoms with Gasteiger partial charge in [-0.3, -0.25) is 9.89 Å². The number of aromatic nitrogens is 2. The molecule has 3 N–H and O–H groups in total. The largest absolute Gasteiger partial charge is 0.478 e. The number of rotatable bonds is 3. The average Bonchev–Trinajstić information content (AvgIpc) is 2.72. The molecule has 0 aliphatic carbocycles. The highest BCUT2D eigenvalue weighted by atomic mass is 32.2. The van der Waals surface area contributed by atoms with Crippen LogP contribution < -0.4 is 5.32 Å². The number of nitrogens with zero attached hydrogens (tertiary/aromatic N) is 2. The number of H-pyrrole nitrogens is 1. The summed E-state index contributed by atoms with van der Waals surface area (Å²) in [6, 6.07) is 0. The van der Waals surface area contributed by atoms with Crippen LogP contribution in [0.1, 0.15) is 16.1 Å². The van der Waals surface area contributed by atoms with Crippen LogP contribution in [0.5, 0.6) is 0 Å². The smallest absolute Gasteiger partial charge is 0.340 e. The van der Waals surface area contributed by atoms with E-state index in [1.54, 1.807) is 0 Å². The van der Waals surface area contributed by atoms with Gasteiger partial charge in [-0.05, 0) is 6.92 Å². The highest BCUT2D eigenvalue weighted by Crippen LogP contribution is 2.20. The minimum Gasteiger partial charge on any atom is -0.478 e. The van der Waals surface area contributed by atoms with Gasteiger partial charge in [0.05, 0.1) is 6.54 Å². The quantitative estimate of drug-likeness (QED) is 0.622. The van der Waals surface area contributed by atoms with E-state index in [1.807, 2.05) is 0 Å². The van der Waals surface area contributed by atoms with Crippen LogP contribution in [0.15, 0.2) is 5.03 Å². The number of hydrogen-bond donors (Lipinski definition) is 3. The van der Waals surface area contributed by atoms with Crippen molar-refractivity contribution in [1.82, 2.24) is 19.8 Å². The van der Waals surface area contributed by atoms with Crippen LogP contribution in [-0.2, 0) is 14.8 Å². The lowest BCUT2D eigenvalue weighted by atomic mass is 10.3. The minimum atomic E-state index is -4.10. The predicted molar refractivity (Wildman–Crippen MR) is 62.1 cm³/mol. The molecule has 1 aliphatic rings. The van der Waals surface area contributed by atoms with Gasteiger partial charge < -0.3 is 10.4 Å². The van der Waals surface area contributed by atoms with Crippen molar-refractivity contribution >= 4 is 21.9 Å². The highest BCUT2D eigenvalue weighted by molar-refractivity contribution is 7.89. The molecule has 1 aromatic heterocycles. The molecular formula is C9H12N4O5S. The third kappa shape index (κ3) is 2.31. The molecule has 2 heterocycles. The molecule has 1 aliphatic heterocycles. The number of carboxylic acid groups (broad SMARTS) is 1. The van der Waals surface area contributed by atoms with Gasteiger partial charge in [-0.15, -0.1) is 0 Å². The van der Waals surface area contributed by atoms with Crippen LogP contribution in [-0.4, -0.2) is 59.5 Å². The van der Waals surface area contributed by atoms with Crippen LogP contribution >= 0.6 is 0 Å². The van der Waals surface area contributed by atoms with Gasteiger partial charge in [0.15, 0.2) is 0 Å². The number of carbonyl (C=O) groups excluding carboxylic acids is 1.